The Balaban J connectivity index is 2.00. The van der Waals surface area contributed by atoms with Crippen molar-refractivity contribution >= 4 is 0 Å². The molecule has 0 radical (unpaired) electrons. The Kier molecular flexibility index (Phi) is 6.72. The third-order valence-corrected chi connectivity index (χ3v) is 4.65. The smallest absolute Gasteiger partial charge is 0.0488 e. The molecular weight excluding hydrogens is 258 g/mol. The molecule has 1 N–H and O–H groups in total. The Bertz CT molecular complexity index is 397. The standard InChI is InChI=1S/C19H31NO/c1-4-12-20-19(13-15(2)14-21-3)18-10-8-17(9-11-18)16-6-5-7-16/h8-11,15-16,19-20H,4-7,12-14H2,1-3H3. The maximum absolute atomic E-state index is 5.29. The van der Waals surface area contributed by atoms with Gasteiger partial charge in [-0.25, -0.2) is 0 Å². The summed E-state index contributed by atoms with van der Waals surface area (Å²) in [4.78, 5) is 0. The maximum Gasteiger partial charge on any atom is 0.0488 e. The average Bonchev–Trinajstić information content (AvgIpc) is 2.43. The zero-order valence-electron chi connectivity index (χ0n) is 13.9. The SMILES string of the molecule is CCCNC(CC(C)COC)c1ccc(C2CCC2)cc1. The Morgan fingerprint density at radius 1 is 1.24 bits per heavy atom. The molecule has 2 heteroatoms. The lowest BCUT2D eigenvalue weighted by Gasteiger charge is -2.27. The van der Waals surface area contributed by atoms with Crippen molar-refractivity contribution in [2.24, 2.45) is 5.92 Å². The van der Waals surface area contributed by atoms with Crippen LogP contribution >= 0.6 is 0 Å². The lowest BCUT2D eigenvalue weighted by atomic mass is 9.79. The van der Waals surface area contributed by atoms with Crippen molar-refractivity contribution < 1.29 is 4.74 Å². The van der Waals surface area contributed by atoms with Gasteiger partial charge in [-0.2, -0.15) is 0 Å². The molecule has 21 heavy (non-hydrogen) atoms. The van der Waals surface area contributed by atoms with Crippen molar-refractivity contribution in [1.29, 1.82) is 0 Å². The van der Waals surface area contributed by atoms with E-state index in [1.807, 2.05) is 0 Å². The van der Waals surface area contributed by atoms with Gasteiger partial charge in [0.2, 0.25) is 0 Å². The first-order chi connectivity index (χ1) is 10.2. The first kappa shape index (κ1) is 16.5. The van der Waals surface area contributed by atoms with E-state index >= 15 is 0 Å². The van der Waals surface area contributed by atoms with E-state index in [-0.39, 0.29) is 0 Å². The molecule has 1 aliphatic carbocycles. The zero-order chi connectivity index (χ0) is 15.1. The van der Waals surface area contributed by atoms with Gasteiger partial charge in [-0.3, -0.25) is 0 Å². The van der Waals surface area contributed by atoms with Gasteiger partial charge < -0.3 is 10.1 Å². The number of benzene rings is 1. The highest BCUT2D eigenvalue weighted by Crippen LogP contribution is 2.36. The van der Waals surface area contributed by atoms with Crippen molar-refractivity contribution in [2.75, 3.05) is 20.3 Å². The highest BCUT2D eigenvalue weighted by atomic mass is 16.5. The molecular formula is C19H31NO. The van der Waals surface area contributed by atoms with Crippen molar-refractivity contribution in [3.05, 3.63) is 35.4 Å². The summed E-state index contributed by atoms with van der Waals surface area (Å²) >= 11 is 0. The summed E-state index contributed by atoms with van der Waals surface area (Å²) in [5, 5.41) is 3.70. The third kappa shape index (κ3) is 4.82. The summed E-state index contributed by atoms with van der Waals surface area (Å²) in [6.07, 6.45) is 6.47. The fraction of sp³-hybridized carbons (Fsp3) is 0.684. The predicted molar refractivity (Wildman–Crippen MR) is 89.7 cm³/mol. The lowest BCUT2D eigenvalue weighted by Crippen LogP contribution is -2.25. The number of methoxy groups -OCH3 is 1. The van der Waals surface area contributed by atoms with Crippen LogP contribution in [0.15, 0.2) is 24.3 Å². The minimum Gasteiger partial charge on any atom is -0.384 e. The molecule has 2 unspecified atom stereocenters. The van der Waals surface area contributed by atoms with E-state index in [1.54, 1.807) is 7.11 Å². The fourth-order valence-electron chi connectivity index (χ4n) is 3.15. The van der Waals surface area contributed by atoms with Gasteiger partial charge in [0.25, 0.3) is 0 Å². The molecule has 1 fully saturated rings. The Labute approximate surface area is 130 Å². The molecule has 0 bridgehead atoms. The molecule has 0 aliphatic heterocycles. The largest absolute Gasteiger partial charge is 0.384 e. The van der Waals surface area contributed by atoms with E-state index in [0.29, 0.717) is 12.0 Å². The van der Waals surface area contributed by atoms with Crippen LogP contribution in [0, 0.1) is 5.92 Å². The van der Waals surface area contributed by atoms with E-state index in [2.05, 4.69) is 43.4 Å². The minimum absolute atomic E-state index is 0.450. The van der Waals surface area contributed by atoms with E-state index in [1.165, 1.54) is 36.8 Å². The molecule has 1 aromatic rings. The molecule has 0 aromatic heterocycles. The number of rotatable bonds is 9. The van der Waals surface area contributed by atoms with Crippen LogP contribution in [0.2, 0.25) is 0 Å². The van der Waals surface area contributed by atoms with E-state index < -0.39 is 0 Å². The number of nitrogens with one attached hydrogen (secondary N) is 1. The van der Waals surface area contributed by atoms with Crippen LogP contribution < -0.4 is 5.32 Å². The number of hydrogen-bond acceptors (Lipinski definition) is 2. The van der Waals surface area contributed by atoms with E-state index in [0.717, 1.165) is 25.5 Å². The third-order valence-electron chi connectivity index (χ3n) is 4.65. The summed E-state index contributed by atoms with van der Waals surface area (Å²) in [7, 11) is 1.79. The van der Waals surface area contributed by atoms with Crippen molar-refractivity contribution in [3.63, 3.8) is 0 Å². The first-order valence-electron chi connectivity index (χ1n) is 8.56. The van der Waals surface area contributed by atoms with Gasteiger partial charge in [0.15, 0.2) is 0 Å². The van der Waals surface area contributed by atoms with Crippen molar-refractivity contribution in [3.8, 4) is 0 Å². The topological polar surface area (TPSA) is 21.3 Å². The summed E-state index contributed by atoms with van der Waals surface area (Å²) in [6.45, 7) is 6.41. The highest BCUT2D eigenvalue weighted by molar-refractivity contribution is 5.28. The summed E-state index contributed by atoms with van der Waals surface area (Å²) in [6, 6.07) is 9.81. The molecule has 0 saturated heterocycles. The molecule has 118 valence electrons. The maximum atomic E-state index is 5.29. The van der Waals surface area contributed by atoms with Crippen LogP contribution in [0.4, 0.5) is 0 Å². The second kappa shape index (κ2) is 8.55. The van der Waals surface area contributed by atoms with E-state index in [4.69, 9.17) is 4.74 Å². The molecule has 1 aromatic carbocycles. The van der Waals surface area contributed by atoms with Crippen LogP contribution in [0.5, 0.6) is 0 Å². The molecule has 2 rings (SSSR count). The van der Waals surface area contributed by atoms with Gasteiger partial charge in [-0.05, 0) is 55.2 Å². The van der Waals surface area contributed by atoms with Gasteiger partial charge in [0.05, 0.1) is 0 Å². The Hall–Kier alpha value is -0.860. The van der Waals surface area contributed by atoms with Gasteiger partial charge in [-0.15, -0.1) is 0 Å². The van der Waals surface area contributed by atoms with Crippen molar-refractivity contribution in [2.45, 2.75) is 57.9 Å². The monoisotopic (exact) mass is 289 g/mol. The van der Waals surface area contributed by atoms with Crippen LogP contribution in [0.1, 0.15) is 69.0 Å². The normalized spacial score (nSPS) is 18.2. The minimum atomic E-state index is 0.450. The average molecular weight is 289 g/mol. The molecule has 2 nitrogen and oxygen atoms in total. The molecule has 0 heterocycles. The number of ether oxygens (including phenoxy) is 1. The molecule has 0 amide bonds. The van der Waals surface area contributed by atoms with Crippen LogP contribution in [0.3, 0.4) is 0 Å². The quantitative estimate of drug-likeness (QED) is 0.713. The zero-order valence-corrected chi connectivity index (χ0v) is 13.9. The first-order valence-corrected chi connectivity index (χ1v) is 8.56. The summed E-state index contributed by atoms with van der Waals surface area (Å²) < 4.78 is 5.29. The molecule has 0 spiro atoms. The van der Waals surface area contributed by atoms with Crippen molar-refractivity contribution in [1.82, 2.24) is 5.32 Å². The highest BCUT2D eigenvalue weighted by Gasteiger charge is 2.20. The van der Waals surface area contributed by atoms with Crippen LogP contribution in [-0.2, 0) is 4.74 Å². The summed E-state index contributed by atoms with van der Waals surface area (Å²) in [5.41, 5.74) is 2.96. The predicted octanol–water partition coefficient (Wildman–Crippen LogP) is 4.67. The van der Waals surface area contributed by atoms with E-state index in [9.17, 15) is 0 Å². The van der Waals surface area contributed by atoms with Crippen LogP contribution in [-0.4, -0.2) is 20.3 Å². The summed E-state index contributed by atoms with van der Waals surface area (Å²) in [5.74, 6) is 1.41. The number of hydrogen-bond donors (Lipinski definition) is 1. The van der Waals surface area contributed by atoms with Gasteiger partial charge >= 0.3 is 0 Å². The lowest BCUT2D eigenvalue weighted by molar-refractivity contribution is 0.149. The second-order valence-electron chi connectivity index (χ2n) is 6.60. The van der Waals surface area contributed by atoms with Crippen LogP contribution in [0.25, 0.3) is 0 Å². The Morgan fingerprint density at radius 2 is 1.95 bits per heavy atom. The second-order valence-corrected chi connectivity index (χ2v) is 6.60. The molecule has 1 aliphatic rings. The van der Waals surface area contributed by atoms with Gasteiger partial charge in [0.1, 0.15) is 0 Å². The fourth-order valence-corrected chi connectivity index (χ4v) is 3.15. The van der Waals surface area contributed by atoms with Gasteiger partial charge in [0, 0.05) is 19.8 Å². The molecule has 2 atom stereocenters. The van der Waals surface area contributed by atoms with Gasteiger partial charge in [-0.1, -0.05) is 44.5 Å². The Morgan fingerprint density at radius 3 is 2.48 bits per heavy atom. The molecule has 1 saturated carbocycles.